The van der Waals surface area contributed by atoms with E-state index in [2.05, 4.69) is 48.5 Å². The van der Waals surface area contributed by atoms with Crippen molar-refractivity contribution in [1.29, 1.82) is 0 Å². The Hall–Kier alpha value is -0.0800. The molecule has 2 N–H and O–H groups in total. The summed E-state index contributed by atoms with van der Waals surface area (Å²) in [6.45, 7) is 29.4. The van der Waals surface area contributed by atoms with E-state index in [1.807, 2.05) is 48.5 Å². The molecule has 0 radical (unpaired) electrons. The van der Waals surface area contributed by atoms with Crippen molar-refractivity contribution in [3.63, 3.8) is 0 Å². The molecule has 0 amide bonds. The van der Waals surface area contributed by atoms with Crippen LogP contribution in [0, 0.1) is 21.7 Å². The van der Waals surface area contributed by atoms with Crippen molar-refractivity contribution in [2.45, 2.75) is 134 Å². The van der Waals surface area contributed by atoms with Crippen LogP contribution in [-0.2, 0) is 0 Å². The lowest BCUT2D eigenvalue weighted by Crippen LogP contribution is -2.41. The second-order valence-electron chi connectivity index (χ2n) is 12.1. The van der Waals surface area contributed by atoms with Gasteiger partial charge in [-0.15, -0.1) is 0 Å². The first-order valence-electron chi connectivity index (χ1n) is 10.5. The van der Waals surface area contributed by atoms with Gasteiger partial charge < -0.3 is 10.2 Å². The zero-order chi connectivity index (χ0) is 21.8. The Morgan fingerprint density at radius 2 is 0.923 bits per heavy atom. The Morgan fingerprint density at radius 3 is 0.923 bits per heavy atom. The van der Waals surface area contributed by atoms with Gasteiger partial charge in [0.15, 0.2) is 0 Å². The summed E-state index contributed by atoms with van der Waals surface area (Å²) in [5.41, 5.74) is 0.198. The van der Waals surface area contributed by atoms with Gasteiger partial charge in [-0.1, -0.05) is 83.1 Å². The first kappa shape index (κ1) is 28.1. The second-order valence-corrected chi connectivity index (χ2v) is 12.1. The highest BCUT2D eigenvalue weighted by Crippen LogP contribution is 2.57. The molecule has 0 heterocycles. The van der Waals surface area contributed by atoms with E-state index in [0.29, 0.717) is 10.8 Å². The Bertz CT molecular complexity index is 353. The zero-order valence-electron chi connectivity index (χ0n) is 20.7. The molecular weight excluding hydrogens is 320 g/mol. The van der Waals surface area contributed by atoms with Crippen molar-refractivity contribution >= 4 is 0 Å². The van der Waals surface area contributed by atoms with E-state index in [1.165, 1.54) is 12.8 Å². The highest BCUT2D eigenvalue weighted by atomic mass is 16.3. The fraction of sp³-hybridized carbons (Fsp3) is 1.00. The summed E-state index contributed by atoms with van der Waals surface area (Å²) in [6, 6.07) is 0. The fourth-order valence-electron chi connectivity index (χ4n) is 2.25. The molecule has 0 spiro atoms. The molecule has 0 unspecified atom stereocenters. The Balaban J connectivity index is 0. The summed E-state index contributed by atoms with van der Waals surface area (Å²) in [6.07, 6.45) is 4.56. The predicted molar refractivity (Wildman–Crippen MR) is 118 cm³/mol. The summed E-state index contributed by atoms with van der Waals surface area (Å²) in [5, 5.41) is 19.3. The molecule has 1 fully saturated rings. The van der Waals surface area contributed by atoms with Gasteiger partial charge in [0.25, 0.3) is 0 Å². The van der Waals surface area contributed by atoms with Crippen LogP contribution in [0.2, 0.25) is 0 Å². The summed E-state index contributed by atoms with van der Waals surface area (Å²) in [4.78, 5) is 0. The van der Waals surface area contributed by atoms with Gasteiger partial charge in [0.1, 0.15) is 0 Å². The fourth-order valence-corrected chi connectivity index (χ4v) is 2.25. The normalized spacial score (nSPS) is 17.5. The molecule has 2 nitrogen and oxygen atoms in total. The van der Waals surface area contributed by atoms with Crippen molar-refractivity contribution in [3.05, 3.63) is 0 Å². The molecule has 0 atom stereocenters. The molecule has 26 heavy (non-hydrogen) atoms. The van der Waals surface area contributed by atoms with Crippen LogP contribution in [0.3, 0.4) is 0 Å². The predicted octanol–water partition coefficient (Wildman–Crippen LogP) is 7.22. The van der Waals surface area contributed by atoms with Crippen LogP contribution in [-0.4, -0.2) is 21.4 Å². The monoisotopic (exact) mass is 372 g/mol. The average molecular weight is 373 g/mol. The van der Waals surface area contributed by atoms with Crippen LogP contribution in [0.1, 0.15) is 123 Å². The summed E-state index contributed by atoms with van der Waals surface area (Å²) in [7, 11) is 0. The number of aliphatic hydroxyl groups is 2. The van der Waals surface area contributed by atoms with E-state index < -0.39 is 11.2 Å². The maximum atomic E-state index is 9.97. The van der Waals surface area contributed by atoms with E-state index in [-0.39, 0.29) is 10.8 Å². The molecule has 2 heteroatoms. The molecule has 0 bridgehead atoms. The van der Waals surface area contributed by atoms with Gasteiger partial charge in [-0.2, -0.15) is 0 Å². The van der Waals surface area contributed by atoms with Crippen LogP contribution in [0.5, 0.6) is 0 Å². The highest BCUT2D eigenvalue weighted by Gasteiger charge is 2.47. The minimum absolute atomic E-state index is 0.00694. The van der Waals surface area contributed by atoms with Crippen molar-refractivity contribution in [3.8, 4) is 0 Å². The number of rotatable bonds is 2. The van der Waals surface area contributed by atoms with E-state index in [4.69, 9.17) is 0 Å². The van der Waals surface area contributed by atoms with Crippen LogP contribution in [0.25, 0.3) is 0 Å². The summed E-state index contributed by atoms with van der Waals surface area (Å²) >= 11 is 0. The van der Waals surface area contributed by atoms with E-state index in [9.17, 15) is 10.2 Å². The number of hydrogen-bond donors (Lipinski definition) is 2. The van der Waals surface area contributed by atoms with Gasteiger partial charge in [-0.3, -0.25) is 0 Å². The standard InChI is InChI=1S/C9H20O.C8H16.C7H16O/c1-6-9(10,7-2)8(3,4)5;1-7(2,3)8(4)5-6-8;1-6(2,3)7(4,5)8/h10H,6-7H2,1-5H3;5-6H2,1-4H3;8H,1-5H3. The molecule has 0 aromatic carbocycles. The lowest BCUT2D eigenvalue weighted by atomic mass is 9.73. The Labute approximate surface area is 166 Å². The third-order valence-corrected chi connectivity index (χ3v) is 7.21. The first-order chi connectivity index (χ1) is 11.1. The molecule has 1 rings (SSSR count). The van der Waals surface area contributed by atoms with Gasteiger partial charge in [-0.05, 0) is 61.2 Å². The minimum atomic E-state index is -0.562. The Morgan fingerprint density at radius 1 is 0.654 bits per heavy atom. The third kappa shape index (κ3) is 8.74. The van der Waals surface area contributed by atoms with E-state index in [1.54, 1.807) is 0 Å². The molecule has 1 aliphatic rings. The lowest BCUT2D eigenvalue weighted by molar-refractivity contribution is -0.0636. The van der Waals surface area contributed by atoms with Gasteiger partial charge in [0.05, 0.1) is 11.2 Å². The van der Waals surface area contributed by atoms with E-state index >= 15 is 0 Å². The SMILES string of the molecule is CC(C)(C)C(C)(C)O.CC(C)(C)C1(C)CC1.CCC(O)(CC)C(C)(C)C. The number of hydrogen-bond acceptors (Lipinski definition) is 2. The smallest absolute Gasteiger partial charge is 0.0690 e. The van der Waals surface area contributed by atoms with Crippen LogP contribution in [0.4, 0.5) is 0 Å². The molecule has 0 aliphatic heterocycles. The van der Waals surface area contributed by atoms with E-state index in [0.717, 1.165) is 12.8 Å². The lowest BCUT2D eigenvalue weighted by Gasteiger charge is -2.39. The zero-order valence-corrected chi connectivity index (χ0v) is 20.7. The molecule has 0 aromatic heterocycles. The van der Waals surface area contributed by atoms with Gasteiger partial charge in [0.2, 0.25) is 0 Å². The minimum Gasteiger partial charge on any atom is -0.390 e. The first-order valence-corrected chi connectivity index (χ1v) is 10.5. The van der Waals surface area contributed by atoms with Crippen molar-refractivity contribution < 1.29 is 10.2 Å². The molecule has 160 valence electrons. The quantitative estimate of drug-likeness (QED) is 0.537. The summed E-state index contributed by atoms with van der Waals surface area (Å²) in [5.74, 6) is 0. The molecule has 0 aromatic rings. The van der Waals surface area contributed by atoms with Gasteiger partial charge >= 0.3 is 0 Å². The maximum absolute atomic E-state index is 9.97. The topological polar surface area (TPSA) is 40.5 Å². The van der Waals surface area contributed by atoms with Gasteiger partial charge in [0, 0.05) is 0 Å². The summed E-state index contributed by atoms with van der Waals surface area (Å²) < 4.78 is 0. The molecule has 1 saturated carbocycles. The van der Waals surface area contributed by atoms with Gasteiger partial charge in [-0.25, -0.2) is 0 Å². The van der Waals surface area contributed by atoms with Crippen LogP contribution >= 0.6 is 0 Å². The van der Waals surface area contributed by atoms with Crippen LogP contribution in [0.15, 0.2) is 0 Å². The molecular formula is C24H52O2. The van der Waals surface area contributed by atoms with Crippen LogP contribution < -0.4 is 0 Å². The van der Waals surface area contributed by atoms with Crippen molar-refractivity contribution in [2.24, 2.45) is 21.7 Å². The highest BCUT2D eigenvalue weighted by molar-refractivity contribution is 4.97. The van der Waals surface area contributed by atoms with Crippen molar-refractivity contribution in [2.75, 3.05) is 0 Å². The molecule has 0 saturated heterocycles. The average Bonchev–Trinajstić information content (AvgIpc) is 3.14. The maximum Gasteiger partial charge on any atom is 0.0690 e. The Kier molecular flexibility index (Phi) is 9.68. The molecule has 1 aliphatic carbocycles. The largest absolute Gasteiger partial charge is 0.390 e. The second kappa shape index (κ2) is 8.95. The third-order valence-electron chi connectivity index (χ3n) is 7.21. The van der Waals surface area contributed by atoms with Crippen molar-refractivity contribution in [1.82, 2.24) is 0 Å².